The third kappa shape index (κ3) is 4.66. The molecule has 3 nitrogen and oxygen atoms in total. The fourth-order valence-electron chi connectivity index (χ4n) is 3.65. The normalized spacial score (nSPS) is 20.7. The van der Waals surface area contributed by atoms with Gasteiger partial charge in [-0.15, -0.1) is 0 Å². The molecular formula is C20H30BrNO2. The topological polar surface area (TPSA) is 21.7 Å². The van der Waals surface area contributed by atoms with Gasteiger partial charge in [-0.25, -0.2) is 0 Å². The van der Waals surface area contributed by atoms with Crippen molar-refractivity contribution >= 4 is 15.9 Å². The van der Waals surface area contributed by atoms with Crippen molar-refractivity contribution in [2.75, 3.05) is 26.2 Å². The average Bonchev–Trinajstić information content (AvgIpc) is 2.82. The van der Waals surface area contributed by atoms with Gasteiger partial charge in [0, 0.05) is 16.5 Å². The number of hydrogen-bond acceptors (Lipinski definition) is 3. The molecule has 1 saturated heterocycles. The van der Waals surface area contributed by atoms with E-state index in [0.29, 0.717) is 0 Å². The van der Waals surface area contributed by atoms with Crippen LogP contribution >= 0.6 is 15.9 Å². The molecule has 0 unspecified atom stereocenters. The summed E-state index contributed by atoms with van der Waals surface area (Å²) < 4.78 is 13.2. The van der Waals surface area contributed by atoms with E-state index in [0.717, 1.165) is 41.3 Å². The molecule has 0 atom stereocenters. The molecule has 0 radical (unpaired) electrons. The van der Waals surface area contributed by atoms with Crippen molar-refractivity contribution < 1.29 is 9.47 Å². The van der Waals surface area contributed by atoms with Crippen LogP contribution in [0.5, 0.6) is 11.5 Å². The Morgan fingerprint density at radius 2 is 2.00 bits per heavy atom. The van der Waals surface area contributed by atoms with Crippen LogP contribution < -0.4 is 9.47 Å². The maximum atomic E-state index is 6.09. The van der Waals surface area contributed by atoms with Crippen molar-refractivity contribution in [3.8, 4) is 11.5 Å². The van der Waals surface area contributed by atoms with Crippen LogP contribution in [0.15, 0.2) is 16.6 Å². The smallest absolute Gasteiger partial charge is 0.165 e. The van der Waals surface area contributed by atoms with E-state index in [2.05, 4.69) is 47.7 Å². The number of nitrogens with zero attached hydrogens (tertiary/aromatic N) is 1. The zero-order chi connectivity index (χ0) is 17.2. The Hall–Kier alpha value is -0.740. The molecule has 0 saturated carbocycles. The van der Waals surface area contributed by atoms with Gasteiger partial charge in [0.25, 0.3) is 0 Å². The highest BCUT2D eigenvalue weighted by Crippen LogP contribution is 2.43. The molecule has 1 aromatic carbocycles. The van der Waals surface area contributed by atoms with Crippen LogP contribution in [0.4, 0.5) is 0 Å². The average molecular weight is 396 g/mol. The molecule has 0 bridgehead atoms. The number of fused-ring (bicyclic) bond motifs is 1. The Labute approximate surface area is 154 Å². The van der Waals surface area contributed by atoms with Crippen LogP contribution in [0.2, 0.25) is 0 Å². The number of benzene rings is 1. The zero-order valence-corrected chi connectivity index (χ0v) is 16.8. The number of unbranched alkanes of at least 4 members (excludes halogenated alkanes) is 1. The standard InChI is InChI=1S/C20H30BrNO2/c1-15-6-9-22(10-7-15)8-4-5-11-23-18-13-17(21)12-16-14-20(2,3)24-19(16)18/h12-13,15H,4-11,14H2,1-3H3. The van der Waals surface area contributed by atoms with Crippen molar-refractivity contribution in [1.29, 1.82) is 0 Å². The molecule has 24 heavy (non-hydrogen) atoms. The van der Waals surface area contributed by atoms with Crippen LogP contribution in [0.25, 0.3) is 0 Å². The van der Waals surface area contributed by atoms with Gasteiger partial charge in [-0.1, -0.05) is 22.9 Å². The van der Waals surface area contributed by atoms with Crippen LogP contribution in [0.1, 0.15) is 52.0 Å². The Morgan fingerprint density at radius 1 is 1.25 bits per heavy atom. The summed E-state index contributed by atoms with van der Waals surface area (Å²) >= 11 is 3.59. The lowest BCUT2D eigenvalue weighted by Crippen LogP contribution is -2.33. The third-order valence-corrected chi connectivity index (χ3v) is 5.55. The largest absolute Gasteiger partial charge is 0.490 e. The maximum absolute atomic E-state index is 6.09. The molecule has 0 aliphatic carbocycles. The summed E-state index contributed by atoms with van der Waals surface area (Å²) in [4.78, 5) is 2.60. The first-order valence-electron chi connectivity index (χ1n) is 9.29. The minimum absolute atomic E-state index is 0.132. The quantitative estimate of drug-likeness (QED) is 0.628. The van der Waals surface area contributed by atoms with E-state index in [1.165, 1.54) is 44.5 Å². The van der Waals surface area contributed by atoms with E-state index in [1.54, 1.807) is 0 Å². The van der Waals surface area contributed by atoms with Gasteiger partial charge < -0.3 is 14.4 Å². The number of rotatable bonds is 6. The first-order chi connectivity index (χ1) is 11.4. The predicted molar refractivity (Wildman–Crippen MR) is 102 cm³/mol. The lowest BCUT2D eigenvalue weighted by Gasteiger charge is -2.30. The van der Waals surface area contributed by atoms with Crippen molar-refractivity contribution in [3.63, 3.8) is 0 Å². The summed E-state index contributed by atoms with van der Waals surface area (Å²) in [5.41, 5.74) is 1.11. The second-order valence-electron chi connectivity index (χ2n) is 8.01. The van der Waals surface area contributed by atoms with Crippen molar-refractivity contribution in [3.05, 3.63) is 22.2 Å². The number of piperidine rings is 1. The predicted octanol–water partition coefficient (Wildman–Crippen LogP) is 5.05. The fourth-order valence-corrected chi connectivity index (χ4v) is 4.14. The molecule has 2 aliphatic heterocycles. The molecule has 2 aliphatic rings. The molecule has 0 aromatic heterocycles. The molecule has 1 aromatic rings. The first kappa shape index (κ1) is 18.1. The highest BCUT2D eigenvalue weighted by atomic mass is 79.9. The molecule has 0 spiro atoms. The van der Waals surface area contributed by atoms with E-state index >= 15 is 0 Å². The number of likely N-dealkylation sites (tertiary alicyclic amines) is 1. The Bertz CT molecular complexity index is 565. The Balaban J connectivity index is 1.44. The molecule has 3 rings (SSSR count). The van der Waals surface area contributed by atoms with Crippen LogP contribution in [0, 0.1) is 5.92 Å². The maximum Gasteiger partial charge on any atom is 0.165 e. The second-order valence-corrected chi connectivity index (χ2v) is 8.93. The molecule has 2 heterocycles. The van der Waals surface area contributed by atoms with Crippen LogP contribution in [-0.4, -0.2) is 36.7 Å². The highest BCUT2D eigenvalue weighted by Gasteiger charge is 2.32. The van der Waals surface area contributed by atoms with E-state index < -0.39 is 0 Å². The highest BCUT2D eigenvalue weighted by molar-refractivity contribution is 9.10. The van der Waals surface area contributed by atoms with Crippen LogP contribution in [-0.2, 0) is 6.42 Å². The van der Waals surface area contributed by atoms with E-state index in [1.807, 2.05) is 6.07 Å². The lowest BCUT2D eigenvalue weighted by atomic mass is 9.99. The lowest BCUT2D eigenvalue weighted by molar-refractivity contribution is 0.131. The minimum Gasteiger partial charge on any atom is -0.490 e. The Kier molecular flexibility index (Phi) is 5.76. The third-order valence-electron chi connectivity index (χ3n) is 5.09. The molecular weight excluding hydrogens is 366 g/mol. The van der Waals surface area contributed by atoms with Gasteiger partial charge in [0.2, 0.25) is 0 Å². The monoisotopic (exact) mass is 395 g/mol. The summed E-state index contributed by atoms with van der Waals surface area (Å²) in [6.45, 7) is 11.1. The van der Waals surface area contributed by atoms with Crippen LogP contribution in [0.3, 0.4) is 0 Å². The number of halogens is 1. The number of ether oxygens (including phenoxy) is 2. The van der Waals surface area contributed by atoms with Crippen molar-refractivity contribution in [2.24, 2.45) is 5.92 Å². The second kappa shape index (κ2) is 7.65. The summed E-state index contributed by atoms with van der Waals surface area (Å²) in [6, 6.07) is 4.18. The number of hydrogen-bond donors (Lipinski definition) is 0. The summed E-state index contributed by atoms with van der Waals surface area (Å²) in [5, 5.41) is 0. The van der Waals surface area contributed by atoms with Gasteiger partial charge in [0.05, 0.1) is 6.61 Å². The first-order valence-corrected chi connectivity index (χ1v) is 10.1. The van der Waals surface area contributed by atoms with Crippen molar-refractivity contribution in [2.45, 2.75) is 58.5 Å². The summed E-state index contributed by atoms with van der Waals surface area (Å²) in [7, 11) is 0. The molecule has 1 fully saturated rings. The molecule has 0 amide bonds. The molecule has 0 N–H and O–H groups in total. The van der Waals surface area contributed by atoms with E-state index in [9.17, 15) is 0 Å². The van der Waals surface area contributed by atoms with Gasteiger partial charge >= 0.3 is 0 Å². The van der Waals surface area contributed by atoms with Gasteiger partial charge in [-0.3, -0.25) is 0 Å². The zero-order valence-electron chi connectivity index (χ0n) is 15.2. The van der Waals surface area contributed by atoms with Gasteiger partial charge in [0.1, 0.15) is 5.60 Å². The van der Waals surface area contributed by atoms with Gasteiger partial charge in [-0.05, 0) is 77.2 Å². The fraction of sp³-hybridized carbons (Fsp3) is 0.700. The SMILES string of the molecule is CC1CCN(CCCCOc2cc(Br)cc3c2OC(C)(C)C3)CC1. The summed E-state index contributed by atoms with van der Waals surface area (Å²) in [5.74, 6) is 2.73. The minimum atomic E-state index is -0.132. The Morgan fingerprint density at radius 3 is 2.75 bits per heavy atom. The molecule has 4 heteroatoms. The molecule has 134 valence electrons. The summed E-state index contributed by atoms with van der Waals surface area (Å²) in [6.07, 6.45) is 5.95. The van der Waals surface area contributed by atoms with Gasteiger partial charge in [0.15, 0.2) is 11.5 Å². The van der Waals surface area contributed by atoms with Crippen molar-refractivity contribution in [1.82, 2.24) is 4.90 Å². The van der Waals surface area contributed by atoms with Gasteiger partial charge in [-0.2, -0.15) is 0 Å². The van der Waals surface area contributed by atoms with E-state index in [4.69, 9.17) is 9.47 Å². The van der Waals surface area contributed by atoms with E-state index in [-0.39, 0.29) is 5.60 Å².